The molecule has 124 valence electrons. The molecule has 0 bridgehead atoms. The van der Waals surface area contributed by atoms with Gasteiger partial charge in [0.2, 0.25) is 0 Å². The molecule has 22 heavy (non-hydrogen) atoms. The number of hydrogen-bond acceptors (Lipinski definition) is 4. The summed E-state index contributed by atoms with van der Waals surface area (Å²) in [6.07, 6.45) is 2.24. The fraction of sp³-hybridized carbons (Fsp3) is 0.625. The number of halogens is 2. The lowest BCUT2D eigenvalue weighted by molar-refractivity contribution is -0.00649. The number of hydrogen-bond donors (Lipinski definition) is 2. The largest absolute Gasteiger partial charge is 0.396 e. The van der Waals surface area contributed by atoms with Gasteiger partial charge < -0.3 is 19.8 Å². The van der Waals surface area contributed by atoms with Gasteiger partial charge in [0.25, 0.3) is 0 Å². The number of piperidine rings is 1. The highest BCUT2D eigenvalue weighted by Crippen LogP contribution is 2.27. The Morgan fingerprint density at radius 2 is 2.00 bits per heavy atom. The van der Waals surface area contributed by atoms with Crippen molar-refractivity contribution in [3.05, 3.63) is 33.8 Å². The van der Waals surface area contributed by atoms with E-state index >= 15 is 0 Å². The third kappa shape index (κ3) is 5.37. The third-order valence-corrected chi connectivity index (χ3v) is 4.51. The van der Waals surface area contributed by atoms with Gasteiger partial charge in [-0.1, -0.05) is 29.3 Å². The molecule has 0 aromatic heterocycles. The van der Waals surface area contributed by atoms with Gasteiger partial charge in [-0.15, -0.1) is 0 Å². The zero-order valence-electron chi connectivity index (χ0n) is 12.5. The number of nitrogens with zero attached hydrogens (tertiary/aromatic N) is 1. The Hall–Kier alpha value is -0.360. The summed E-state index contributed by atoms with van der Waals surface area (Å²) in [5, 5.41) is 20.2. The highest BCUT2D eigenvalue weighted by molar-refractivity contribution is 6.35. The van der Waals surface area contributed by atoms with E-state index in [-0.39, 0.29) is 12.7 Å². The van der Waals surface area contributed by atoms with E-state index in [0.717, 1.165) is 25.9 Å². The second-order valence-electron chi connectivity index (χ2n) is 5.63. The maximum absolute atomic E-state index is 10.4. The summed E-state index contributed by atoms with van der Waals surface area (Å²) in [6.45, 7) is 3.14. The fourth-order valence-corrected chi connectivity index (χ4v) is 3.22. The molecule has 2 rings (SSSR count). The van der Waals surface area contributed by atoms with Crippen molar-refractivity contribution in [2.75, 3.05) is 32.8 Å². The van der Waals surface area contributed by atoms with Crippen LogP contribution in [0.3, 0.4) is 0 Å². The Labute approximate surface area is 141 Å². The van der Waals surface area contributed by atoms with Crippen molar-refractivity contribution in [2.45, 2.75) is 31.5 Å². The van der Waals surface area contributed by atoms with Crippen molar-refractivity contribution >= 4 is 23.2 Å². The van der Waals surface area contributed by atoms with E-state index in [1.807, 2.05) is 0 Å². The van der Waals surface area contributed by atoms with E-state index in [9.17, 15) is 5.11 Å². The molecule has 1 heterocycles. The molecule has 2 N–H and O–H groups in total. The van der Waals surface area contributed by atoms with E-state index in [0.29, 0.717) is 35.2 Å². The molecule has 1 aliphatic heterocycles. The molecule has 1 aromatic rings. The molecule has 0 amide bonds. The molecule has 1 aromatic carbocycles. The maximum Gasteiger partial charge on any atom is 0.0931 e. The molecule has 4 nitrogen and oxygen atoms in total. The smallest absolute Gasteiger partial charge is 0.0931 e. The van der Waals surface area contributed by atoms with Gasteiger partial charge in [0.15, 0.2) is 0 Å². The number of rotatable bonds is 7. The van der Waals surface area contributed by atoms with Crippen LogP contribution in [0, 0.1) is 0 Å². The lowest BCUT2D eigenvalue weighted by Crippen LogP contribution is -2.39. The summed E-state index contributed by atoms with van der Waals surface area (Å²) in [7, 11) is 0. The first kappa shape index (κ1) is 18.0. The Bertz CT molecular complexity index is 465. The molecular formula is C16H23Cl2NO3. The average molecular weight is 348 g/mol. The van der Waals surface area contributed by atoms with E-state index in [1.54, 1.807) is 18.2 Å². The van der Waals surface area contributed by atoms with E-state index in [4.69, 9.17) is 33.0 Å². The summed E-state index contributed by atoms with van der Waals surface area (Å²) in [4.78, 5) is 2.22. The molecule has 1 aliphatic rings. The van der Waals surface area contributed by atoms with Gasteiger partial charge in [-0.2, -0.15) is 0 Å². The number of likely N-dealkylation sites (tertiary alicyclic amines) is 1. The number of aliphatic hydroxyl groups is 2. The zero-order valence-corrected chi connectivity index (χ0v) is 14.1. The normalized spacial score (nSPS) is 18.5. The van der Waals surface area contributed by atoms with Crippen LogP contribution in [0.25, 0.3) is 0 Å². The van der Waals surface area contributed by atoms with Crippen LogP contribution >= 0.6 is 23.2 Å². The molecule has 0 radical (unpaired) electrons. The molecule has 1 saturated heterocycles. The predicted molar refractivity (Wildman–Crippen MR) is 88.5 cm³/mol. The van der Waals surface area contributed by atoms with Crippen LogP contribution in [0.4, 0.5) is 0 Å². The molecule has 0 aliphatic carbocycles. The number of aliphatic hydroxyl groups excluding tert-OH is 2. The summed E-state index contributed by atoms with van der Waals surface area (Å²) < 4.78 is 5.71. The van der Waals surface area contributed by atoms with Crippen LogP contribution in [0.15, 0.2) is 18.2 Å². The van der Waals surface area contributed by atoms with E-state index < -0.39 is 6.10 Å². The summed E-state index contributed by atoms with van der Waals surface area (Å²) in [6, 6.07) is 5.18. The van der Waals surface area contributed by atoms with E-state index in [2.05, 4.69) is 4.90 Å². The lowest BCUT2D eigenvalue weighted by Gasteiger charge is -2.33. The van der Waals surface area contributed by atoms with Gasteiger partial charge >= 0.3 is 0 Å². The minimum absolute atomic E-state index is 0.174. The van der Waals surface area contributed by atoms with E-state index in [1.165, 1.54) is 0 Å². The first-order chi connectivity index (χ1) is 10.6. The first-order valence-electron chi connectivity index (χ1n) is 7.68. The van der Waals surface area contributed by atoms with Gasteiger partial charge in [0, 0.05) is 48.5 Å². The number of ether oxygens (including phenoxy) is 1. The Kier molecular flexibility index (Phi) is 7.41. The highest BCUT2D eigenvalue weighted by Gasteiger charge is 2.22. The quantitative estimate of drug-likeness (QED) is 0.744. The van der Waals surface area contributed by atoms with Gasteiger partial charge in [0.1, 0.15) is 0 Å². The van der Waals surface area contributed by atoms with Crippen molar-refractivity contribution in [2.24, 2.45) is 0 Å². The Balaban J connectivity index is 1.78. The first-order valence-corrected chi connectivity index (χ1v) is 8.43. The molecule has 0 saturated carbocycles. The molecular weight excluding hydrogens is 325 g/mol. The fourth-order valence-electron chi connectivity index (χ4n) is 2.69. The van der Waals surface area contributed by atoms with Crippen LogP contribution in [0.2, 0.25) is 10.0 Å². The average Bonchev–Trinajstić information content (AvgIpc) is 2.49. The Morgan fingerprint density at radius 1 is 1.27 bits per heavy atom. The zero-order chi connectivity index (χ0) is 15.9. The minimum Gasteiger partial charge on any atom is -0.396 e. The van der Waals surface area contributed by atoms with Gasteiger partial charge in [-0.25, -0.2) is 0 Å². The molecule has 1 fully saturated rings. The van der Waals surface area contributed by atoms with Crippen LogP contribution in [-0.4, -0.2) is 54.1 Å². The minimum atomic E-state index is -0.614. The molecule has 1 unspecified atom stereocenters. The topological polar surface area (TPSA) is 52.9 Å². The monoisotopic (exact) mass is 347 g/mol. The van der Waals surface area contributed by atoms with Crippen molar-refractivity contribution in [1.82, 2.24) is 4.90 Å². The standard InChI is InChI=1S/C16H23Cl2NO3/c17-12-2-3-14(15(18)10-12)16(21)11-19-6-4-13(5-7-19)22-9-1-8-20/h2-3,10,13,16,20-21H,1,4-9,11H2. The third-order valence-electron chi connectivity index (χ3n) is 3.94. The van der Waals surface area contributed by atoms with Gasteiger partial charge in [0.05, 0.1) is 12.2 Å². The second-order valence-corrected chi connectivity index (χ2v) is 6.47. The Morgan fingerprint density at radius 3 is 2.64 bits per heavy atom. The summed E-state index contributed by atoms with van der Waals surface area (Å²) in [5.41, 5.74) is 0.715. The van der Waals surface area contributed by atoms with Crippen LogP contribution in [0.5, 0.6) is 0 Å². The van der Waals surface area contributed by atoms with Crippen molar-refractivity contribution < 1.29 is 14.9 Å². The highest BCUT2D eigenvalue weighted by atomic mass is 35.5. The maximum atomic E-state index is 10.4. The van der Waals surface area contributed by atoms with Crippen molar-refractivity contribution in [3.8, 4) is 0 Å². The molecule has 1 atom stereocenters. The summed E-state index contributed by atoms with van der Waals surface area (Å²) in [5.74, 6) is 0. The van der Waals surface area contributed by atoms with Gasteiger partial charge in [-0.05, 0) is 31.4 Å². The van der Waals surface area contributed by atoms with Crippen LogP contribution in [-0.2, 0) is 4.74 Å². The van der Waals surface area contributed by atoms with Crippen molar-refractivity contribution in [1.29, 1.82) is 0 Å². The number of β-amino-alcohol motifs (C(OH)–C–C–N with tert-alkyl or cyclic N) is 1. The van der Waals surface area contributed by atoms with Gasteiger partial charge in [-0.3, -0.25) is 0 Å². The van der Waals surface area contributed by atoms with Crippen LogP contribution < -0.4 is 0 Å². The van der Waals surface area contributed by atoms with Crippen molar-refractivity contribution in [3.63, 3.8) is 0 Å². The predicted octanol–water partition coefficient (Wildman–Crippen LogP) is 2.89. The lowest BCUT2D eigenvalue weighted by atomic mass is 10.0. The second kappa shape index (κ2) is 9.06. The molecule has 0 spiro atoms. The number of benzene rings is 1. The van der Waals surface area contributed by atoms with Crippen LogP contribution in [0.1, 0.15) is 30.9 Å². The SMILES string of the molecule is OCCCOC1CCN(CC(O)c2ccc(Cl)cc2Cl)CC1. The molecule has 6 heteroatoms. The summed E-state index contributed by atoms with van der Waals surface area (Å²) >= 11 is 12.0.